The maximum absolute atomic E-state index is 7.15. The molecule has 0 aliphatic carbocycles. The summed E-state index contributed by atoms with van der Waals surface area (Å²) in [5, 5.41) is 7.15. The van der Waals surface area contributed by atoms with Crippen molar-refractivity contribution in [3.05, 3.63) is 0 Å². The minimum absolute atomic E-state index is 0.319. The van der Waals surface area contributed by atoms with E-state index in [1.807, 2.05) is 0 Å². The zero-order chi connectivity index (χ0) is 11.1. The molecule has 0 aromatic heterocycles. The molecule has 1 saturated heterocycles. The van der Waals surface area contributed by atoms with Crippen LogP contribution in [-0.2, 0) is 0 Å². The van der Waals surface area contributed by atoms with Crippen molar-refractivity contribution in [2.45, 2.75) is 26.2 Å². The normalized spacial score (nSPS) is 19.3. The van der Waals surface area contributed by atoms with E-state index in [-0.39, 0.29) is 0 Å². The smallest absolute Gasteiger partial charge is 0.0905 e. The van der Waals surface area contributed by atoms with Crippen molar-refractivity contribution in [2.24, 2.45) is 5.73 Å². The van der Waals surface area contributed by atoms with E-state index in [1.165, 1.54) is 39.1 Å². The Bertz CT molecular complexity index is 185. The van der Waals surface area contributed by atoms with Gasteiger partial charge in [-0.1, -0.05) is 6.92 Å². The van der Waals surface area contributed by atoms with Gasteiger partial charge in [-0.25, -0.2) is 0 Å². The molecule has 4 nitrogen and oxygen atoms in total. The molecule has 0 radical (unpaired) electrons. The van der Waals surface area contributed by atoms with Crippen LogP contribution in [0.1, 0.15) is 26.2 Å². The van der Waals surface area contributed by atoms with Crippen molar-refractivity contribution in [1.82, 2.24) is 9.80 Å². The average Bonchev–Trinajstić information content (AvgIpc) is 2.20. The predicted molar refractivity (Wildman–Crippen MR) is 64.3 cm³/mol. The van der Waals surface area contributed by atoms with Gasteiger partial charge in [0.05, 0.1) is 5.84 Å². The fourth-order valence-electron chi connectivity index (χ4n) is 2.05. The first-order valence-corrected chi connectivity index (χ1v) is 6.00. The van der Waals surface area contributed by atoms with E-state index in [4.69, 9.17) is 11.1 Å². The molecule has 15 heavy (non-hydrogen) atoms. The molecule has 0 bridgehead atoms. The molecule has 0 amide bonds. The average molecular weight is 212 g/mol. The number of piperazine rings is 1. The lowest BCUT2D eigenvalue weighted by Gasteiger charge is -2.34. The van der Waals surface area contributed by atoms with Crippen LogP contribution in [0.5, 0.6) is 0 Å². The number of amidine groups is 1. The van der Waals surface area contributed by atoms with Crippen molar-refractivity contribution in [3.8, 4) is 0 Å². The summed E-state index contributed by atoms with van der Waals surface area (Å²) < 4.78 is 0. The second kappa shape index (κ2) is 6.80. The van der Waals surface area contributed by atoms with Crippen molar-refractivity contribution in [3.63, 3.8) is 0 Å². The first kappa shape index (κ1) is 12.5. The minimum Gasteiger partial charge on any atom is -0.388 e. The van der Waals surface area contributed by atoms with Crippen LogP contribution in [0.3, 0.4) is 0 Å². The minimum atomic E-state index is 0.319. The molecule has 1 aliphatic heterocycles. The van der Waals surface area contributed by atoms with Crippen molar-refractivity contribution < 1.29 is 0 Å². The second-order valence-electron chi connectivity index (χ2n) is 4.31. The standard InChI is InChI=1S/C11H24N4/c1-2-5-14-7-9-15(10-8-14)6-3-4-11(12)13/h2-10H2,1H3,(H3,12,13). The van der Waals surface area contributed by atoms with E-state index in [1.54, 1.807) is 0 Å². The van der Waals surface area contributed by atoms with Crippen LogP contribution in [0.4, 0.5) is 0 Å². The Kier molecular flexibility index (Phi) is 5.65. The maximum Gasteiger partial charge on any atom is 0.0905 e. The Balaban J connectivity index is 2.06. The third-order valence-electron chi connectivity index (χ3n) is 2.93. The number of nitrogens with zero attached hydrogens (tertiary/aromatic N) is 2. The SMILES string of the molecule is CCCN1CCN(CCCC(=N)N)CC1. The first-order chi connectivity index (χ1) is 7.22. The van der Waals surface area contributed by atoms with Crippen LogP contribution in [0.25, 0.3) is 0 Å². The van der Waals surface area contributed by atoms with Gasteiger partial charge in [0.1, 0.15) is 0 Å². The molecule has 4 heteroatoms. The highest BCUT2D eigenvalue weighted by Gasteiger charge is 2.15. The van der Waals surface area contributed by atoms with Crippen molar-refractivity contribution in [1.29, 1.82) is 5.41 Å². The molecule has 3 N–H and O–H groups in total. The number of rotatable bonds is 6. The molecule has 1 heterocycles. The summed E-state index contributed by atoms with van der Waals surface area (Å²) in [5.74, 6) is 0.319. The molecule has 88 valence electrons. The lowest BCUT2D eigenvalue weighted by atomic mass is 10.2. The molecule has 1 aliphatic rings. The summed E-state index contributed by atoms with van der Waals surface area (Å²) in [7, 11) is 0. The summed E-state index contributed by atoms with van der Waals surface area (Å²) in [5.41, 5.74) is 5.33. The zero-order valence-corrected chi connectivity index (χ0v) is 9.84. The lowest BCUT2D eigenvalue weighted by molar-refractivity contribution is 0.132. The first-order valence-electron chi connectivity index (χ1n) is 6.00. The van der Waals surface area contributed by atoms with Gasteiger partial charge >= 0.3 is 0 Å². The van der Waals surface area contributed by atoms with E-state index in [9.17, 15) is 0 Å². The summed E-state index contributed by atoms with van der Waals surface area (Å²) in [6.07, 6.45) is 3.03. The Morgan fingerprint density at radius 1 is 1.13 bits per heavy atom. The largest absolute Gasteiger partial charge is 0.388 e. The van der Waals surface area contributed by atoms with Crippen LogP contribution in [0.15, 0.2) is 0 Å². The molecule has 1 fully saturated rings. The molecular formula is C11H24N4. The van der Waals surface area contributed by atoms with E-state index in [0.29, 0.717) is 5.84 Å². The number of nitrogens with two attached hydrogens (primary N) is 1. The van der Waals surface area contributed by atoms with Crippen LogP contribution in [0, 0.1) is 5.41 Å². The number of nitrogens with one attached hydrogen (secondary N) is 1. The molecule has 0 atom stereocenters. The molecule has 0 unspecified atom stereocenters. The summed E-state index contributed by atoms with van der Waals surface area (Å²) in [4.78, 5) is 5.01. The lowest BCUT2D eigenvalue weighted by Crippen LogP contribution is -2.46. The molecule has 0 aromatic rings. The molecular weight excluding hydrogens is 188 g/mol. The Hall–Kier alpha value is -0.610. The van der Waals surface area contributed by atoms with Gasteiger partial charge in [0, 0.05) is 32.6 Å². The topological polar surface area (TPSA) is 56.4 Å². The molecule has 0 saturated carbocycles. The van der Waals surface area contributed by atoms with Gasteiger partial charge in [0.2, 0.25) is 0 Å². The van der Waals surface area contributed by atoms with E-state index >= 15 is 0 Å². The Labute approximate surface area is 92.9 Å². The van der Waals surface area contributed by atoms with E-state index < -0.39 is 0 Å². The summed E-state index contributed by atoms with van der Waals surface area (Å²) in [6, 6.07) is 0. The van der Waals surface area contributed by atoms with Crippen molar-refractivity contribution >= 4 is 5.84 Å². The van der Waals surface area contributed by atoms with Gasteiger partial charge in [-0.15, -0.1) is 0 Å². The van der Waals surface area contributed by atoms with E-state index in [2.05, 4.69) is 16.7 Å². The maximum atomic E-state index is 7.15. The fraction of sp³-hybridized carbons (Fsp3) is 0.909. The number of hydrogen-bond donors (Lipinski definition) is 2. The van der Waals surface area contributed by atoms with Gasteiger partial charge in [0.15, 0.2) is 0 Å². The van der Waals surface area contributed by atoms with Crippen molar-refractivity contribution in [2.75, 3.05) is 39.3 Å². The van der Waals surface area contributed by atoms with Gasteiger partial charge in [0.25, 0.3) is 0 Å². The second-order valence-corrected chi connectivity index (χ2v) is 4.31. The molecule has 0 aromatic carbocycles. The Morgan fingerprint density at radius 3 is 2.13 bits per heavy atom. The van der Waals surface area contributed by atoms with Crippen LogP contribution < -0.4 is 5.73 Å². The third-order valence-corrected chi connectivity index (χ3v) is 2.93. The molecule has 0 spiro atoms. The molecule has 1 rings (SSSR count). The predicted octanol–water partition coefficient (Wildman–Crippen LogP) is 0.730. The van der Waals surface area contributed by atoms with Gasteiger partial charge in [-0.2, -0.15) is 0 Å². The highest BCUT2D eigenvalue weighted by molar-refractivity contribution is 5.76. The van der Waals surface area contributed by atoms with Crippen LogP contribution >= 0.6 is 0 Å². The zero-order valence-electron chi connectivity index (χ0n) is 9.84. The summed E-state index contributed by atoms with van der Waals surface area (Å²) in [6.45, 7) is 9.33. The van der Waals surface area contributed by atoms with E-state index in [0.717, 1.165) is 19.4 Å². The Morgan fingerprint density at radius 2 is 1.67 bits per heavy atom. The monoisotopic (exact) mass is 212 g/mol. The fourth-order valence-corrected chi connectivity index (χ4v) is 2.05. The third kappa shape index (κ3) is 5.14. The quantitative estimate of drug-likeness (QED) is 0.504. The highest BCUT2D eigenvalue weighted by Crippen LogP contribution is 2.03. The van der Waals surface area contributed by atoms with Gasteiger partial charge in [-0.3, -0.25) is 5.41 Å². The van der Waals surface area contributed by atoms with Crippen LogP contribution in [-0.4, -0.2) is 54.9 Å². The van der Waals surface area contributed by atoms with Gasteiger partial charge < -0.3 is 15.5 Å². The van der Waals surface area contributed by atoms with Gasteiger partial charge in [-0.05, 0) is 25.9 Å². The number of hydrogen-bond acceptors (Lipinski definition) is 3. The highest BCUT2D eigenvalue weighted by atomic mass is 15.3. The van der Waals surface area contributed by atoms with Crippen LogP contribution in [0.2, 0.25) is 0 Å². The summed E-state index contributed by atoms with van der Waals surface area (Å²) >= 11 is 0.